The van der Waals surface area contributed by atoms with Crippen molar-refractivity contribution in [2.24, 2.45) is 11.8 Å². The molecule has 1 unspecified atom stereocenters. The molecule has 392 valence electrons. The van der Waals surface area contributed by atoms with Gasteiger partial charge in [-0.15, -0.1) is 0 Å². The molecule has 3 N–H and O–H groups in total. The van der Waals surface area contributed by atoms with Crippen molar-refractivity contribution in [3.05, 3.63) is 130 Å². The van der Waals surface area contributed by atoms with Crippen LogP contribution in [0.15, 0.2) is 84.9 Å². The van der Waals surface area contributed by atoms with Gasteiger partial charge < -0.3 is 24.5 Å². The first-order chi connectivity index (χ1) is 36.9. The van der Waals surface area contributed by atoms with Crippen molar-refractivity contribution in [2.75, 3.05) is 61.0 Å². The van der Waals surface area contributed by atoms with E-state index in [1.54, 1.807) is 0 Å². The van der Waals surface area contributed by atoms with E-state index < -0.39 is 41.5 Å². The highest BCUT2D eigenvalue weighted by Gasteiger charge is 2.45. The molecule has 3 fully saturated rings. The number of amides is 5. The third-order valence-electron chi connectivity index (χ3n) is 16.0. The number of halogens is 1. The van der Waals surface area contributed by atoms with E-state index >= 15 is 4.39 Å². The van der Waals surface area contributed by atoms with E-state index in [1.807, 2.05) is 89.5 Å². The third kappa shape index (κ3) is 10.3. The maximum Gasteiger partial charge on any atom is 0.355 e. The van der Waals surface area contributed by atoms with E-state index in [4.69, 9.17) is 9.72 Å². The molecule has 3 saturated heterocycles. The van der Waals surface area contributed by atoms with Gasteiger partial charge in [-0.05, 0) is 154 Å². The maximum atomic E-state index is 15.5. The highest BCUT2D eigenvalue weighted by molar-refractivity contribution is 7.22. The summed E-state index contributed by atoms with van der Waals surface area (Å²) in [6, 6.07) is 24.4. The molecule has 1 atom stereocenters. The number of aromatic nitrogens is 2. The fourth-order valence-electron chi connectivity index (χ4n) is 11.8. The molecule has 76 heavy (non-hydrogen) atoms. The van der Waals surface area contributed by atoms with E-state index in [0.29, 0.717) is 78.9 Å². The molecule has 0 saturated carbocycles. The summed E-state index contributed by atoms with van der Waals surface area (Å²) in [6.07, 6.45) is 7.83. The fourth-order valence-corrected chi connectivity index (χ4v) is 12.6. The standard InChI is InChI=1S/C58H59FN8O8S/c1-34-38(39-15-17-50(61-52(39)57(73)74)66-28-23-37-9-6-11-40(43(37)33-66)53(69)63-58-60-45-12-2-3-14-49(45)76-58)10-7-13-48(34)75-29-5-4-8-35-19-24-64(25-20-35)32-36-21-26-65(27-22-36)47-31-42-41(30-44(47)59)55(71)67(56(42)72)46-16-18-51(68)62-54(46)70/h2-3,6-7,9-15,17,30-31,35-36,46H,4-5,8,16,18-29,32-33H2,1H3,(H,73,74)(H,60,63,69)(H,62,68,70). The van der Waals surface area contributed by atoms with Crippen LogP contribution in [0.2, 0.25) is 0 Å². The number of benzene rings is 4. The van der Waals surface area contributed by atoms with Crippen molar-refractivity contribution in [2.45, 2.75) is 83.7 Å². The number of unbranched alkanes of at least 4 members (excludes halogenated alkanes) is 1. The first-order valence-electron chi connectivity index (χ1n) is 26.4. The summed E-state index contributed by atoms with van der Waals surface area (Å²) in [6.45, 7) is 7.84. The summed E-state index contributed by atoms with van der Waals surface area (Å²) in [4.78, 5) is 93.9. The van der Waals surface area contributed by atoms with Crippen molar-refractivity contribution in [3.8, 4) is 16.9 Å². The monoisotopic (exact) mass is 1050 g/mol. The molecule has 5 aliphatic rings. The van der Waals surface area contributed by atoms with E-state index in [-0.39, 0.29) is 41.3 Å². The van der Waals surface area contributed by atoms with Crippen molar-refractivity contribution in [3.63, 3.8) is 0 Å². The van der Waals surface area contributed by atoms with Crippen LogP contribution in [-0.2, 0) is 22.6 Å². The van der Waals surface area contributed by atoms with Crippen LogP contribution in [0.5, 0.6) is 5.75 Å². The van der Waals surface area contributed by atoms with E-state index in [1.165, 1.54) is 17.4 Å². The van der Waals surface area contributed by atoms with Gasteiger partial charge in [-0.2, -0.15) is 0 Å². The predicted octanol–water partition coefficient (Wildman–Crippen LogP) is 8.90. The number of rotatable bonds is 15. The van der Waals surface area contributed by atoms with Gasteiger partial charge in [-0.3, -0.25) is 39.5 Å². The van der Waals surface area contributed by atoms with Gasteiger partial charge in [-0.1, -0.05) is 54.2 Å². The number of aromatic carboxylic acids is 1. The van der Waals surface area contributed by atoms with Crippen LogP contribution in [-0.4, -0.2) is 112 Å². The number of ether oxygens (including phenoxy) is 1. The molecule has 5 amide bonds. The quantitative estimate of drug-likeness (QED) is 0.0653. The number of carbonyl (C=O) groups excluding carboxylic acids is 5. The topological polar surface area (TPSA) is 195 Å². The third-order valence-corrected chi connectivity index (χ3v) is 16.9. The van der Waals surface area contributed by atoms with Crippen molar-refractivity contribution >= 4 is 73.7 Å². The fraction of sp³-hybridized carbons (Fsp3) is 0.379. The number of nitrogens with one attached hydrogen (secondary N) is 2. The Morgan fingerprint density at radius 3 is 2.33 bits per heavy atom. The number of pyridine rings is 1. The number of carbonyl (C=O) groups is 6. The van der Waals surface area contributed by atoms with Crippen LogP contribution < -0.4 is 25.2 Å². The molecule has 0 bridgehead atoms. The molecule has 11 rings (SSSR count). The number of para-hydroxylation sites is 1. The average Bonchev–Trinajstić information content (AvgIpc) is 3.98. The minimum absolute atomic E-state index is 0.0170. The van der Waals surface area contributed by atoms with Crippen LogP contribution in [0.1, 0.15) is 116 Å². The predicted molar refractivity (Wildman–Crippen MR) is 287 cm³/mol. The Morgan fingerprint density at radius 1 is 0.789 bits per heavy atom. The van der Waals surface area contributed by atoms with Crippen molar-refractivity contribution < 1.29 is 43.0 Å². The number of imide groups is 2. The van der Waals surface area contributed by atoms with Gasteiger partial charge in [0.2, 0.25) is 11.8 Å². The van der Waals surface area contributed by atoms with Gasteiger partial charge in [0.25, 0.3) is 17.7 Å². The normalized spacial score (nSPS) is 18.5. The first-order valence-corrected chi connectivity index (χ1v) is 27.2. The highest BCUT2D eigenvalue weighted by atomic mass is 32.1. The van der Waals surface area contributed by atoms with Gasteiger partial charge >= 0.3 is 5.97 Å². The second-order valence-corrected chi connectivity index (χ2v) is 21.7. The average molecular weight is 1050 g/mol. The minimum atomic E-state index is -1.13. The SMILES string of the molecule is Cc1c(OCCCCC2CCN(CC3CCN(c4cc5c(cc4F)C(=O)N(C4CCC(=O)NC4=O)C5=O)CC3)CC2)cccc1-c1ccc(N2CCc3cccc(C(=O)Nc4nc5ccccc5s4)c3C2)nc1C(=O)O. The molecule has 7 heterocycles. The Hall–Kier alpha value is -7.57. The number of carboxylic acid groups (broad SMARTS) is 1. The molecule has 0 spiro atoms. The Balaban J connectivity index is 0.630. The van der Waals surface area contributed by atoms with Crippen molar-refractivity contribution in [1.29, 1.82) is 0 Å². The lowest BCUT2D eigenvalue weighted by molar-refractivity contribution is -0.136. The summed E-state index contributed by atoms with van der Waals surface area (Å²) in [5.41, 5.74) is 5.70. The molecule has 6 aromatic rings. The van der Waals surface area contributed by atoms with E-state index in [0.717, 1.165) is 108 Å². The Kier molecular flexibility index (Phi) is 14.4. The summed E-state index contributed by atoms with van der Waals surface area (Å²) < 4.78 is 22.9. The number of carboxylic acids is 1. The molecular weight excluding hydrogens is 988 g/mol. The van der Waals surface area contributed by atoms with Gasteiger partial charge in [0.1, 0.15) is 23.4 Å². The molecule has 2 aromatic heterocycles. The minimum Gasteiger partial charge on any atom is -0.493 e. The first kappa shape index (κ1) is 50.6. The molecular formula is C58H59FN8O8S. The highest BCUT2D eigenvalue weighted by Crippen LogP contribution is 2.37. The van der Waals surface area contributed by atoms with Gasteiger partial charge in [0.15, 0.2) is 10.8 Å². The number of fused-ring (bicyclic) bond motifs is 3. The molecule has 0 radical (unpaired) electrons. The number of likely N-dealkylation sites (tertiary alicyclic amines) is 1. The van der Waals surface area contributed by atoms with Gasteiger partial charge in [-0.25, -0.2) is 19.2 Å². The smallest absolute Gasteiger partial charge is 0.355 e. The van der Waals surface area contributed by atoms with Gasteiger partial charge in [0, 0.05) is 50.3 Å². The maximum absolute atomic E-state index is 15.5. The van der Waals surface area contributed by atoms with Gasteiger partial charge in [0.05, 0.1) is 33.6 Å². The zero-order valence-electron chi connectivity index (χ0n) is 42.3. The molecule has 5 aliphatic heterocycles. The second kappa shape index (κ2) is 21.6. The van der Waals surface area contributed by atoms with E-state index in [2.05, 4.69) is 20.5 Å². The molecule has 4 aromatic carbocycles. The largest absolute Gasteiger partial charge is 0.493 e. The molecule has 18 heteroatoms. The Morgan fingerprint density at radius 2 is 1.55 bits per heavy atom. The summed E-state index contributed by atoms with van der Waals surface area (Å²) in [5, 5.41) is 16.2. The Labute approximate surface area is 443 Å². The van der Waals surface area contributed by atoms with Crippen LogP contribution in [0, 0.1) is 24.6 Å². The van der Waals surface area contributed by atoms with Crippen LogP contribution in [0.25, 0.3) is 21.3 Å². The summed E-state index contributed by atoms with van der Waals surface area (Å²) >= 11 is 1.43. The van der Waals surface area contributed by atoms with Crippen LogP contribution in [0.4, 0.5) is 21.0 Å². The zero-order chi connectivity index (χ0) is 52.6. The second-order valence-electron chi connectivity index (χ2n) is 20.7. The Bertz CT molecular complexity index is 3260. The summed E-state index contributed by atoms with van der Waals surface area (Å²) in [5.74, 6) is -2.09. The number of piperidine rings is 3. The van der Waals surface area contributed by atoms with Crippen molar-refractivity contribution in [1.82, 2.24) is 25.1 Å². The number of anilines is 3. The summed E-state index contributed by atoms with van der Waals surface area (Å²) in [7, 11) is 0. The molecule has 16 nitrogen and oxygen atoms in total. The lowest BCUT2D eigenvalue weighted by Gasteiger charge is -2.38. The number of nitrogens with zero attached hydrogens (tertiary/aromatic N) is 6. The number of thiazole rings is 1. The number of hydrogen-bond acceptors (Lipinski definition) is 13. The lowest BCUT2D eigenvalue weighted by Crippen LogP contribution is -2.54. The van der Waals surface area contributed by atoms with Crippen LogP contribution in [0.3, 0.4) is 0 Å². The zero-order valence-corrected chi connectivity index (χ0v) is 43.1. The lowest BCUT2D eigenvalue weighted by atomic mass is 9.90. The van der Waals surface area contributed by atoms with E-state index in [9.17, 15) is 33.9 Å². The number of hydrogen-bond donors (Lipinski definition) is 3. The molecule has 0 aliphatic carbocycles. The van der Waals surface area contributed by atoms with Crippen LogP contribution >= 0.6 is 11.3 Å².